The molecule has 2 rings (SSSR count). The molecule has 1 saturated heterocycles. The Balaban J connectivity index is 1.82. The summed E-state index contributed by atoms with van der Waals surface area (Å²) in [4.78, 5) is 18.2. The second kappa shape index (κ2) is 6.73. The number of piperidine rings is 1. The summed E-state index contributed by atoms with van der Waals surface area (Å²) in [5.41, 5.74) is 6.37. The molecule has 1 aromatic heterocycles. The Morgan fingerprint density at radius 2 is 2.16 bits per heavy atom. The van der Waals surface area contributed by atoms with Crippen LogP contribution in [0.15, 0.2) is 12.3 Å². The Bertz CT molecular complexity index is 446. The van der Waals surface area contributed by atoms with E-state index in [-0.39, 0.29) is 11.1 Å². The standard InChI is InChI=1S/C13H19ClN4O/c14-12-11(8-10(15)9-17-12)13(19)16-4-7-18-5-2-1-3-6-18/h8-9H,1-7,15H2,(H,16,19). The number of anilines is 1. The highest BCUT2D eigenvalue weighted by Crippen LogP contribution is 2.15. The van der Waals surface area contributed by atoms with Gasteiger partial charge in [-0.3, -0.25) is 4.79 Å². The second-order valence-electron chi connectivity index (χ2n) is 4.77. The largest absolute Gasteiger partial charge is 0.397 e. The number of rotatable bonds is 4. The average molecular weight is 283 g/mol. The molecule has 0 atom stereocenters. The fourth-order valence-corrected chi connectivity index (χ4v) is 2.42. The van der Waals surface area contributed by atoms with Crippen LogP contribution in [0.2, 0.25) is 5.15 Å². The van der Waals surface area contributed by atoms with Gasteiger partial charge in [0.25, 0.3) is 5.91 Å². The molecule has 6 heteroatoms. The Morgan fingerprint density at radius 3 is 2.89 bits per heavy atom. The first-order valence-corrected chi connectivity index (χ1v) is 6.96. The molecule has 19 heavy (non-hydrogen) atoms. The van der Waals surface area contributed by atoms with Crippen LogP contribution in [0, 0.1) is 0 Å². The van der Waals surface area contributed by atoms with E-state index in [1.54, 1.807) is 6.07 Å². The van der Waals surface area contributed by atoms with E-state index in [0.717, 1.165) is 19.6 Å². The van der Waals surface area contributed by atoms with Crippen molar-refractivity contribution in [2.45, 2.75) is 19.3 Å². The molecule has 0 radical (unpaired) electrons. The summed E-state index contributed by atoms with van der Waals surface area (Å²) in [6.45, 7) is 3.73. The van der Waals surface area contributed by atoms with E-state index >= 15 is 0 Å². The molecule has 2 heterocycles. The van der Waals surface area contributed by atoms with Gasteiger partial charge in [0.15, 0.2) is 0 Å². The number of carbonyl (C=O) groups is 1. The van der Waals surface area contributed by atoms with Gasteiger partial charge in [0, 0.05) is 13.1 Å². The van der Waals surface area contributed by atoms with Crippen LogP contribution in [0.25, 0.3) is 0 Å². The van der Waals surface area contributed by atoms with Crippen LogP contribution >= 0.6 is 11.6 Å². The number of halogens is 1. The molecule has 1 aliphatic rings. The van der Waals surface area contributed by atoms with Crippen molar-refractivity contribution in [2.75, 3.05) is 31.9 Å². The molecular formula is C13H19ClN4O. The van der Waals surface area contributed by atoms with E-state index < -0.39 is 0 Å². The first-order valence-electron chi connectivity index (χ1n) is 6.58. The highest BCUT2D eigenvalue weighted by atomic mass is 35.5. The molecule has 1 aliphatic heterocycles. The summed E-state index contributed by atoms with van der Waals surface area (Å²) in [6, 6.07) is 1.55. The highest BCUT2D eigenvalue weighted by Gasteiger charge is 2.13. The van der Waals surface area contributed by atoms with Gasteiger partial charge in [-0.25, -0.2) is 4.98 Å². The molecular weight excluding hydrogens is 264 g/mol. The molecule has 1 fully saturated rings. The van der Waals surface area contributed by atoms with Gasteiger partial charge >= 0.3 is 0 Å². The molecule has 0 spiro atoms. The summed E-state index contributed by atoms with van der Waals surface area (Å²) < 4.78 is 0. The lowest BCUT2D eigenvalue weighted by molar-refractivity contribution is 0.0946. The van der Waals surface area contributed by atoms with E-state index in [1.165, 1.54) is 25.5 Å². The number of nitrogen functional groups attached to an aromatic ring is 1. The topological polar surface area (TPSA) is 71.2 Å². The average Bonchev–Trinajstić information content (AvgIpc) is 2.42. The van der Waals surface area contributed by atoms with E-state index in [0.29, 0.717) is 17.8 Å². The zero-order chi connectivity index (χ0) is 13.7. The quantitative estimate of drug-likeness (QED) is 0.822. The van der Waals surface area contributed by atoms with Gasteiger partial charge in [-0.1, -0.05) is 18.0 Å². The number of carbonyl (C=O) groups excluding carboxylic acids is 1. The molecule has 0 aliphatic carbocycles. The van der Waals surface area contributed by atoms with Gasteiger partial charge in [0.1, 0.15) is 5.15 Å². The molecule has 5 nitrogen and oxygen atoms in total. The van der Waals surface area contributed by atoms with E-state index in [2.05, 4.69) is 15.2 Å². The van der Waals surface area contributed by atoms with Crippen molar-refractivity contribution >= 4 is 23.2 Å². The van der Waals surface area contributed by atoms with Crippen LogP contribution in [-0.2, 0) is 0 Å². The van der Waals surface area contributed by atoms with Gasteiger partial charge in [0.2, 0.25) is 0 Å². The summed E-state index contributed by atoms with van der Waals surface area (Å²) in [6.07, 6.45) is 5.25. The van der Waals surface area contributed by atoms with Crippen LogP contribution in [0.4, 0.5) is 5.69 Å². The van der Waals surface area contributed by atoms with Crippen molar-refractivity contribution in [1.82, 2.24) is 15.2 Å². The maximum atomic E-state index is 11.9. The maximum absolute atomic E-state index is 11.9. The first-order chi connectivity index (χ1) is 9.16. The van der Waals surface area contributed by atoms with Gasteiger partial charge < -0.3 is 16.0 Å². The van der Waals surface area contributed by atoms with Gasteiger partial charge in [-0.2, -0.15) is 0 Å². The summed E-state index contributed by atoms with van der Waals surface area (Å²) in [5.74, 6) is -0.221. The summed E-state index contributed by atoms with van der Waals surface area (Å²) in [5, 5.41) is 3.04. The van der Waals surface area contributed by atoms with Gasteiger partial charge in [-0.15, -0.1) is 0 Å². The minimum Gasteiger partial charge on any atom is -0.397 e. The molecule has 0 unspecified atom stereocenters. The zero-order valence-electron chi connectivity index (χ0n) is 10.9. The van der Waals surface area contributed by atoms with E-state index in [9.17, 15) is 4.79 Å². The predicted molar refractivity (Wildman–Crippen MR) is 76.3 cm³/mol. The van der Waals surface area contributed by atoms with Crippen molar-refractivity contribution in [1.29, 1.82) is 0 Å². The smallest absolute Gasteiger partial charge is 0.254 e. The number of likely N-dealkylation sites (tertiary alicyclic amines) is 1. The molecule has 0 saturated carbocycles. The van der Waals surface area contributed by atoms with E-state index in [4.69, 9.17) is 17.3 Å². The summed E-state index contributed by atoms with van der Waals surface area (Å²) >= 11 is 5.88. The van der Waals surface area contributed by atoms with Crippen molar-refractivity contribution in [2.24, 2.45) is 0 Å². The Hall–Kier alpha value is -1.33. The van der Waals surface area contributed by atoms with Crippen molar-refractivity contribution in [3.05, 3.63) is 23.0 Å². The highest BCUT2D eigenvalue weighted by molar-refractivity contribution is 6.32. The molecule has 0 bridgehead atoms. The van der Waals surface area contributed by atoms with E-state index in [1.807, 2.05) is 0 Å². The SMILES string of the molecule is Nc1cnc(Cl)c(C(=O)NCCN2CCCCC2)c1. The number of pyridine rings is 1. The van der Waals surface area contributed by atoms with Gasteiger partial charge in [0.05, 0.1) is 17.4 Å². The summed E-state index contributed by atoms with van der Waals surface area (Å²) in [7, 11) is 0. The maximum Gasteiger partial charge on any atom is 0.254 e. The van der Waals surface area contributed by atoms with Crippen molar-refractivity contribution < 1.29 is 4.79 Å². The normalized spacial score (nSPS) is 16.3. The van der Waals surface area contributed by atoms with Crippen molar-refractivity contribution in [3.63, 3.8) is 0 Å². The Labute approximate surface area is 118 Å². The third-order valence-corrected chi connectivity index (χ3v) is 3.57. The second-order valence-corrected chi connectivity index (χ2v) is 5.12. The van der Waals surface area contributed by atoms with Crippen LogP contribution in [0.5, 0.6) is 0 Å². The third-order valence-electron chi connectivity index (χ3n) is 3.27. The number of aromatic nitrogens is 1. The number of nitrogens with one attached hydrogen (secondary N) is 1. The third kappa shape index (κ3) is 4.08. The number of nitrogens with two attached hydrogens (primary N) is 1. The monoisotopic (exact) mass is 282 g/mol. The Morgan fingerprint density at radius 1 is 1.42 bits per heavy atom. The number of hydrogen-bond donors (Lipinski definition) is 2. The van der Waals surface area contributed by atoms with Crippen LogP contribution in [0.3, 0.4) is 0 Å². The molecule has 3 N–H and O–H groups in total. The lowest BCUT2D eigenvalue weighted by atomic mass is 10.1. The Kier molecular flexibility index (Phi) is 4.99. The predicted octanol–water partition coefficient (Wildman–Crippen LogP) is 1.53. The molecule has 104 valence electrons. The fourth-order valence-electron chi connectivity index (χ4n) is 2.23. The molecule has 0 aromatic carbocycles. The first kappa shape index (κ1) is 14.1. The van der Waals surface area contributed by atoms with Gasteiger partial charge in [-0.05, 0) is 32.0 Å². The minimum atomic E-state index is -0.221. The fraction of sp³-hybridized carbons (Fsp3) is 0.538. The minimum absolute atomic E-state index is 0.185. The molecule has 1 aromatic rings. The lowest BCUT2D eigenvalue weighted by Gasteiger charge is -2.26. The zero-order valence-corrected chi connectivity index (χ0v) is 11.6. The van der Waals surface area contributed by atoms with Crippen LogP contribution in [0.1, 0.15) is 29.6 Å². The number of hydrogen-bond acceptors (Lipinski definition) is 4. The lowest BCUT2D eigenvalue weighted by Crippen LogP contribution is -2.37. The number of amides is 1. The van der Waals surface area contributed by atoms with Crippen LogP contribution in [-0.4, -0.2) is 42.0 Å². The van der Waals surface area contributed by atoms with Crippen LogP contribution < -0.4 is 11.1 Å². The molecule has 1 amide bonds. The number of nitrogens with zero attached hydrogens (tertiary/aromatic N) is 2. The van der Waals surface area contributed by atoms with Crippen molar-refractivity contribution in [3.8, 4) is 0 Å².